The molecule has 0 unspecified atom stereocenters. The summed E-state index contributed by atoms with van der Waals surface area (Å²) in [6.45, 7) is 4.37. The summed E-state index contributed by atoms with van der Waals surface area (Å²) in [5, 5.41) is 1.16. The molecule has 0 amide bonds. The Morgan fingerprint density at radius 3 is 2.11 bits per heavy atom. The molecule has 0 nitrogen and oxygen atoms in total. The fourth-order valence-corrected chi connectivity index (χ4v) is 3.27. The van der Waals surface area contributed by atoms with E-state index in [0.29, 0.717) is 27.7 Å². The van der Waals surface area contributed by atoms with Gasteiger partial charge in [0, 0.05) is 17.2 Å². The van der Waals surface area contributed by atoms with Gasteiger partial charge in [-0.3, -0.25) is 0 Å². The highest BCUT2D eigenvalue weighted by molar-refractivity contribution is 6.42. The number of hydrogen-bond acceptors (Lipinski definition) is 0. The molecule has 0 radical (unpaired) electrons. The quantitative estimate of drug-likeness (QED) is 0.558. The van der Waals surface area contributed by atoms with Crippen LogP contribution in [0.4, 0.5) is 0 Å². The first-order valence-corrected chi connectivity index (χ1v) is 7.81. The molecule has 1 aromatic carbocycles. The lowest BCUT2D eigenvalue weighted by molar-refractivity contribution is 0.295. The van der Waals surface area contributed by atoms with Crippen molar-refractivity contribution in [2.24, 2.45) is 11.3 Å². The molecule has 4 heteroatoms. The summed E-state index contributed by atoms with van der Waals surface area (Å²) in [6.07, 6.45) is 1.83. The normalized spacial score (nSPS) is 12.2. The van der Waals surface area contributed by atoms with Gasteiger partial charge in [0.25, 0.3) is 0 Å². The van der Waals surface area contributed by atoms with Crippen LogP contribution in [-0.2, 0) is 6.42 Å². The van der Waals surface area contributed by atoms with E-state index >= 15 is 0 Å². The summed E-state index contributed by atoms with van der Waals surface area (Å²) < 4.78 is 0. The summed E-state index contributed by atoms with van der Waals surface area (Å²) in [6, 6.07) is 5.71. The topological polar surface area (TPSA) is 0 Å². The van der Waals surface area contributed by atoms with E-state index in [2.05, 4.69) is 13.8 Å². The van der Waals surface area contributed by atoms with Crippen LogP contribution in [-0.4, -0.2) is 11.8 Å². The lowest BCUT2D eigenvalue weighted by Gasteiger charge is -2.31. The van der Waals surface area contributed by atoms with Crippen LogP contribution in [0, 0.1) is 11.3 Å². The summed E-state index contributed by atoms with van der Waals surface area (Å²) in [7, 11) is 0. The Labute approximate surface area is 130 Å². The van der Waals surface area contributed by atoms with Crippen LogP contribution in [0.3, 0.4) is 0 Å². The molecule has 0 aliphatic rings. The van der Waals surface area contributed by atoms with Crippen molar-refractivity contribution in [3.8, 4) is 0 Å². The number of hydrogen-bond donors (Lipinski definition) is 0. The smallest absolute Gasteiger partial charge is 0.0595 e. The predicted molar refractivity (Wildman–Crippen MR) is 83.5 cm³/mol. The minimum absolute atomic E-state index is 0.0750. The predicted octanol–water partition coefficient (Wildman–Crippen LogP) is 6.05. The van der Waals surface area contributed by atoms with Crippen LogP contribution in [0.25, 0.3) is 0 Å². The summed E-state index contributed by atoms with van der Waals surface area (Å²) in [5.74, 6) is 1.66. The number of alkyl halides is 2. The molecule has 102 valence electrons. The molecule has 0 bridgehead atoms. The molecule has 18 heavy (non-hydrogen) atoms. The van der Waals surface area contributed by atoms with E-state index in [4.69, 9.17) is 46.4 Å². The molecule has 0 heterocycles. The molecule has 1 aromatic rings. The first-order valence-electron chi connectivity index (χ1n) is 5.98. The summed E-state index contributed by atoms with van der Waals surface area (Å²) >= 11 is 24.2. The number of halogens is 4. The molecular formula is C14H18Cl4. The van der Waals surface area contributed by atoms with Crippen LogP contribution < -0.4 is 0 Å². The van der Waals surface area contributed by atoms with Gasteiger partial charge in [-0.25, -0.2) is 0 Å². The molecule has 0 saturated heterocycles. The van der Waals surface area contributed by atoms with E-state index in [1.807, 2.05) is 18.2 Å². The molecule has 0 N–H and O–H groups in total. The zero-order valence-electron chi connectivity index (χ0n) is 10.6. The van der Waals surface area contributed by atoms with Gasteiger partial charge in [0.05, 0.1) is 10.0 Å². The second-order valence-corrected chi connectivity index (χ2v) is 6.64. The van der Waals surface area contributed by atoms with Crippen molar-refractivity contribution in [3.63, 3.8) is 0 Å². The first kappa shape index (κ1) is 16.4. The highest BCUT2D eigenvalue weighted by Gasteiger charge is 2.29. The van der Waals surface area contributed by atoms with Crippen LogP contribution in [0.2, 0.25) is 10.0 Å². The third-order valence-electron chi connectivity index (χ3n) is 2.97. The van der Waals surface area contributed by atoms with E-state index in [9.17, 15) is 0 Å². The molecule has 0 saturated carbocycles. The Morgan fingerprint density at radius 1 is 1.06 bits per heavy atom. The molecule has 1 rings (SSSR count). The lowest BCUT2D eigenvalue weighted by Crippen LogP contribution is -2.30. The largest absolute Gasteiger partial charge is 0.126 e. The molecule has 0 aromatic heterocycles. The van der Waals surface area contributed by atoms with Crippen molar-refractivity contribution in [3.05, 3.63) is 33.8 Å². The van der Waals surface area contributed by atoms with Crippen LogP contribution in [0.5, 0.6) is 0 Å². The third kappa shape index (κ3) is 4.49. The van der Waals surface area contributed by atoms with E-state index in [1.54, 1.807) is 0 Å². The number of rotatable bonds is 6. The average Bonchev–Trinajstić information content (AvgIpc) is 2.32. The maximum atomic E-state index is 6.15. The van der Waals surface area contributed by atoms with Gasteiger partial charge in [0.2, 0.25) is 0 Å². The Bertz CT molecular complexity index is 383. The second-order valence-electron chi connectivity index (χ2n) is 5.29. The maximum absolute atomic E-state index is 6.15. The third-order valence-corrected chi connectivity index (χ3v) is 4.84. The van der Waals surface area contributed by atoms with Gasteiger partial charge in [-0.1, -0.05) is 43.1 Å². The van der Waals surface area contributed by atoms with Crippen molar-refractivity contribution in [1.82, 2.24) is 0 Å². The van der Waals surface area contributed by atoms with Gasteiger partial charge >= 0.3 is 0 Å². The minimum Gasteiger partial charge on any atom is -0.126 e. The van der Waals surface area contributed by atoms with E-state index in [-0.39, 0.29) is 5.41 Å². The highest BCUT2D eigenvalue weighted by atomic mass is 35.5. The standard InChI is InChI=1S/C14H18Cl4/c1-10(2)6-14(8-15,9-16)7-11-3-4-12(17)13(18)5-11/h3-5,10H,6-9H2,1-2H3. The second kappa shape index (κ2) is 7.24. The maximum Gasteiger partial charge on any atom is 0.0595 e. The van der Waals surface area contributed by atoms with Gasteiger partial charge in [-0.15, -0.1) is 23.2 Å². The van der Waals surface area contributed by atoms with Crippen molar-refractivity contribution in [2.45, 2.75) is 26.7 Å². The fraction of sp³-hybridized carbons (Fsp3) is 0.571. The molecule has 0 fully saturated rings. The Hall–Kier alpha value is 0.380. The molecule has 0 aliphatic carbocycles. The van der Waals surface area contributed by atoms with Crippen molar-refractivity contribution in [2.75, 3.05) is 11.8 Å². The van der Waals surface area contributed by atoms with Gasteiger partial charge in [0.1, 0.15) is 0 Å². The van der Waals surface area contributed by atoms with Crippen molar-refractivity contribution < 1.29 is 0 Å². The molecular weight excluding hydrogens is 310 g/mol. The van der Waals surface area contributed by atoms with Crippen LogP contribution in [0.1, 0.15) is 25.8 Å². The van der Waals surface area contributed by atoms with Gasteiger partial charge in [0.15, 0.2) is 0 Å². The molecule has 0 aliphatic heterocycles. The zero-order chi connectivity index (χ0) is 13.8. The lowest BCUT2D eigenvalue weighted by atomic mass is 9.78. The van der Waals surface area contributed by atoms with Gasteiger partial charge < -0.3 is 0 Å². The Balaban J connectivity index is 2.92. The Morgan fingerprint density at radius 2 is 1.67 bits per heavy atom. The van der Waals surface area contributed by atoms with E-state index in [0.717, 1.165) is 18.4 Å². The zero-order valence-corrected chi connectivity index (χ0v) is 13.7. The van der Waals surface area contributed by atoms with Gasteiger partial charge in [-0.05, 0) is 36.5 Å². The minimum atomic E-state index is -0.0750. The average molecular weight is 328 g/mol. The van der Waals surface area contributed by atoms with E-state index < -0.39 is 0 Å². The van der Waals surface area contributed by atoms with E-state index in [1.165, 1.54) is 0 Å². The molecule has 0 spiro atoms. The summed E-state index contributed by atoms with van der Waals surface area (Å²) in [4.78, 5) is 0. The SMILES string of the molecule is CC(C)CC(CCl)(CCl)Cc1ccc(Cl)c(Cl)c1. The van der Waals surface area contributed by atoms with Crippen molar-refractivity contribution in [1.29, 1.82) is 0 Å². The number of benzene rings is 1. The van der Waals surface area contributed by atoms with Crippen LogP contribution >= 0.6 is 46.4 Å². The van der Waals surface area contributed by atoms with Gasteiger partial charge in [-0.2, -0.15) is 0 Å². The first-order chi connectivity index (χ1) is 8.42. The fourth-order valence-electron chi connectivity index (χ4n) is 2.26. The monoisotopic (exact) mass is 326 g/mol. The summed E-state index contributed by atoms with van der Waals surface area (Å²) in [5.41, 5.74) is 1.06. The Kier molecular flexibility index (Phi) is 6.61. The van der Waals surface area contributed by atoms with Crippen molar-refractivity contribution >= 4 is 46.4 Å². The molecule has 0 atom stereocenters. The highest BCUT2D eigenvalue weighted by Crippen LogP contribution is 2.35. The van der Waals surface area contributed by atoms with Crippen LogP contribution in [0.15, 0.2) is 18.2 Å².